The van der Waals surface area contributed by atoms with Crippen LogP contribution in [-0.4, -0.2) is 21.1 Å². The maximum absolute atomic E-state index is 5.42. The molecule has 1 aliphatic rings. The Bertz CT molecular complexity index is 503. The molecule has 3 rings (SSSR count). The molecule has 0 bridgehead atoms. The van der Waals surface area contributed by atoms with E-state index in [-0.39, 0.29) is 0 Å². The van der Waals surface area contributed by atoms with Gasteiger partial charge in [-0.25, -0.2) is 0 Å². The van der Waals surface area contributed by atoms with E-state index in [0.29, 0.717) is 18.5 Å². The zero-order chi connectivity index (χ0) is 13.1. The third-order valence-electron chi connectivity index (χ3n) is 3.32. The molecule has 5 heteroatoms. The largest absolute Gasteiger partial charge is 0.468 e. The summed E-state index contributed by atoms with van der Waals surface area (Å²) >= 11 is 0. The average molecular weight is 261 g/mol. The third kappa shape index (κ3) is 3.23. The van der Waals surface area contributed by atoms with E-state index in [0.717, 1.165) is 31.0 Å². The van der Waals surface area contributed by atoms with Crippen LogP contribution in [-0.2, 0) is 19.5 Å². The molecule has 1 saturated carbocycles. The number of hydrogen-bond donors (Lipinski definition) is 0. The molecule has 2 aromatic heterocycles. The van der Waals surface area contributed by atoms with E-state index >= 15 is 0 Å². The molecule has 0 radical (unpaired) electrons. The molecule has 0 spiro atoms. The van der Waals surface area contributed by atoms with Gasteiger partial charge in [0.1, 0.15) is 5.76 Å². The zero-order valence-electron chi connectivity index (χ0n) is 11.2. The van der Waals surface area contributed by atoms with Crippen molar-refractivity contribution < 1.29 is 8.94 Å². The molecule has 0 atom stereocenters. The van der Waals surface area contributed by atoms with Gasteiger partial charge in [-0.1, -0.05) is 12.1 Å². The minimum absolute atomic E-state index is 0.631. The fourth-order valence-corrected chi connectivity index (χ4v) is 2.21. The summed E-state index contributed by atoms with van der Waals surface area (Å²) in [5.41, 5.74) is 0. The number of aryl methyl sites for hydroxylation is 1. The van der Waals surface area contributed by atoms with Crippen molar-refractivity contribution >= 4 is 0 Å². The van der Waals surface area contributed by atoms with Gasteiger partial charge in [-0.3, -0.25) is 4.90 Å². The van der Waals surface area contributed by atoms with Gasteiger partial charge in [-0.15, -0.1) is 0 Å². The van der Waals surface area contributed by atoms with Crippen molar-refractivity contribution in [1.82, 2.24) is 15.0 Å². The van der Waals surface area contributed by atoms with Gasteiger partial charge in [0.05, 0.1) is 19.4 Å². The molecule has 0 saturated heterocycles. The van der Waals surface area contributed by atoms with Crippen molar-refractivity contribution in [2.75, 3.05) is 0 Å². The highest BCUT2D eigenvalue weighted by Gasteiger charge is 2.30. The van der Waals surface area contributed by atoms with Gasteiger partial charge < -0.3 is 8.94 Å². The maximum atomic E-state index is 5.42. The second kappa shape index (κ2) is 5.57. The molecule has 0 N–H and O–H groups in total. The van der Waals surface area contributed by atoms with Gasteiger partial charge >= 0.3 is 0 Å². The van der Waals surface area contributed by atoms with Crippen molar-refractivity contribution in [1.29, 1.82) is 0 Å². The lowest BCUT2D eigenvalue weighted by atomic mass is 10.3. The summed E-state index contributed by atoms with van der Waals surface area (Å²) in [7, 11) is 0. The van der Waals surface area contributed by atoms with Crippen LogP contribution in [0.15, 0.2) is 27.3 Å². The molecule has 19 heavy (non-hydrogen) atoms. The highest BCUT2D eigenvalue weighted by molar-refractivity contribution is 5.00. The molecule has 102 valence electrons. The Morgan fingerprint density at radius 3 is 2.95 bits per heavy atom. The summed E-state index contributed by atoms with van der Waals surface area (Å²) in [6.45, 7) is 3.63. The summed E-state index contributed by atoms with van der Waals surface area (Å²) < 4.78 is 10.7. The molecule has 1 fully saturated rings. The van der Waals surface area contributed by atoms with E-state index in [1.54, 1.807) is 6.26 Å². The predicted octanol–water partition coefficient (Wildman–Crippen LogP) is 2.78. The van der Waals surface area contributed by atoms with E-state index < -0.39 is 0 Å². The van der Waals surface area contributed by atoms with Gasteiger partial charge in [0.15, 0.2) is 5.82 Å². The standard InChI is InChI=1S/C14H19N3O2/c1-2-4-13-15-14(19-16-13)10-17(11-6-7-11)9-12-5-3-8-18-12/h3,5,8,11H,2,4,6-7,9-10H2,1H3. The van der Waals surface area contributed by atoms with Crippen LogP contribution in [0, 0.1) is 0 Å². The Balaban J connectivity index is 1.63. The van der Waals surface area contributed by atoms with Crippen molar-refractivity contribution in [3.63, 3.8) is 0 Å². The predicted molar refractivity (Wildman–Crippen MR) is 69.3 cm³/mol. The molecular formula is C14H19N3O2. The lowest BCUT2D eigenvalue weighted by Crippen LogP contribution is -2.25. The number of hydrogen-bond acceptors (Lipinski definition) is 5. The SMILES string of the molecule is CCCc1noc(CN(Cc2ccco2)C2CC2)n1. The molecule has 1 aliphatic carbocycles. The normalized spacial score (nSPS) is 15.3. The fraction of sp³-hybridized carbons (Fsp3) is 0.571. The van der Waals surface area contributed by atoms with Crippen LogP contribution in [0.25, 0.3) is 0 Å². The smallest absolute Gasteiger partial charge is 0.240 e. The van der Waals surface area contributed by atoms with Crippen molar-refractivity contribution in [3.8, 4) is 0 Å². The number of nitrogens with zero attached hydrogens (tertiary/aromatic N) is 3. The molecule has 0 aromatic carbocycles. The molecule has 5 nitrogen and oxygen atoms in total. The van der Waals surface area contributed by atoms with E-state index in [4.69, 9.17) is 8.94 Å². The summed E-state index contributed by atoms with van der Waals surface area (Å²) in [6.07, 6.45) is 6.13. The van der Waals surface area contributed by atoms with Crippen LogP contribution in [0.3, 0.4) is 0 Å². The minimum atomic E-state index is 0.631. The van der Waals surface area contributed by atoms with E-state index in [1.807, 2.05) is 12.1 Å². The van der Waals surface area contributed by atoms with Crippen LogP contribution in [0.2, 0.25) is 0 Å². The minimum Gasteiger partial charge on any atom is -0.468 e. The molecular weight excluding hydrogens is 242 g/mol. The molecule has 0 unspecified atom stereocenters. The second-order valence-electron chi connectivity index (χ2n) is 5.07. The quantitative estimate of drug-likeness (QED) is 0.767. The van der Waals surface area contributed by atoms with Crippen molar-refractivity contribution in [3.05, 3.63) is 35.9 Å². The van der Waals surface area contributed by atoms with Crippen LogP contribution < -0.4 is 0 Å². The Kier molecular flexibility index (Phi) is 3.64. The first-order valence-electron chi connectivity index (χ1n) is 6.93. The first-order chi connectivity index (χ1) is 9.35. The maximum Gasteiger partial charge on any atom is 0.240 e. The van der Waals surface area contributed by atoms with Crippen LogP contribution in [0.1, 0.15) is 43.7 Å². The van der Waals surface area contributed by atoms with E-state index in [2.05, 4.69) is 22.0 Å². The monoisotopic (exact) mass is 261 g/mol. The summed E-state index contributed by atoms with van der Waals surface area (Å²) in [4.78, 5) is 6.78. The molecule has 0 aliphatic heterocycles. The highest BCUT2D eigenvalue weighted by atomic mass is 16.5. The van der Waals surface area contributed by atoms with Crippen molar-refractivity contribution in [2.45, 2.75) is 51.7 Å². The van der Waals surface area contributed by atoms with Crippen LogP contribution >= 0.6 is 0 Å². The molecule has 2 aromatic rings. The first-order valence-corrected chi connectivity index (χ1v) is 6.93. The van der Waals surface area contributed by atoms with Gasteiger partial charge in [0.2, 0.25) is 5.89 Å². The highest BCUT2D eigenvalue weighted by Crippen LogP contribution is 2.29. The van der Waals surface area contributed by atoms with E-state index in [9.17, 15) is 0 Å². The number of furan rings is 1. The van der Waals surface area contributed by atoms with Gasteiger partial charge in [0.25, 0.3) is 0 Å². The second-order valence-corrected chi connectivity index (χ2v) is 5.07. The Morgan fingerprint density at radius 2 is 2.26 bits per heavy atom. The van der Waals surface area contributed by atoms with Gasteiger partial charge in [-0.2, -0.15) is 4.98 Å². The molecule has 0 amide bonds. The Hall–Kier alpha value is -1.62. The summed E-state index contributed by atoms with van der Waals surface area (Å²) in [6, 6.07) is 4.56. The van der Waals surface area contributed by atoms with Crippen molar-refractivity contribution in [2.24, 2.45) is 0 Å². The average Bonchev–Trinajstić information content (AvgIpc) is 2.95. The zero-order valence-corrected chi connectivity index (χ0v) is 11.2. The lowest BCUT2D eigenvalue weighted by Gasteiger charge is -2.18. The molecule has 2 heterocycles. The Morgan fingerprint density at radius 1 is 1.37 bits per heavy atom. The topological polar surface area (TPSA) is 55.3 Å². The summed E-state index contributed by atoms with van der Waals surface area (Å²) in [5, 5.41) is 4.00. The van der Waals surface area contributed by atoms with Gasteiger partial charge in [0, 0.05) is 12.5 Å². The van der Waals surface area contributed by atoms with Crippen LogP contribution in [0.5, 0.6) is 0 Å². The summed E-state index contributed by atoms with van der Waals surface area (Å²) in [5.74, 6) is 2.51. The lowest BCUT2D eigenvalue weighted by molar-refractivity contribution is 0.195. The van der Waals surface area contributed by atoms with Crippen LogP contribution in [0.4, 0.5) is 0 Å². The first kappa shape index (κ1) is 12.4. The number of rotatable bonds is 7. The third-order valence-corrected chi connectivity index (χ3v) is 3.32. The van der Waals surface area contributed by atoms with E-state index in [1.165, 1.54) is 12.8 Å². The Labute approximate surface area is 112 Å². The number of aromatic nitrogens is 2. The fourth-order valence-electron chi connectivity index (χ4n) is 2.21. The van der Waals surface area contributed by atoms with Gasteiger partial charge in [-0.05, 0) is 31.4 Å².